The molecule has 74 valence electrons. The molecule has 0 aromatic rings. The van der Waals surface area contributed by atoms with Gasteiger partial charge in [0.25, 0.3) is 0 Å². The summed E-state index contributed by atoms with van der Waals surface area (Å²) in [6, 6.07) is 0.0909. The van der Waals surface area contributed by atoms with Crippen molar-refractivity contribution < 1.29 is 4.79 Å². The van der Waals surface area contributed by atoms with Crippen molar-refractivity contribution in [3.63, 3.8) is 0 Å². The zero-order chi connectivity index (χ0) is 9.31. The van der Waals surface area contributed by atoms with E-state index in [1.165, 1.54) is 0 Å². The van der Waals surface area contributed by atoms with Crippen LogP contribution in [0.15, 0.2) is 0 Å². The zero-order valence-electron chi connectivity index (χ0n) is 8.10. The number of piperidine rings is 1. The average molecular weight is 183 g/mol. The minimum Gasteiger partial charge on any atom is -0.338 e. The fraction of sp³-hybridized carbons (Fsp3) is 0.889. The summed E-state index contributed by atoms with van der Waals surface area (Å²) in [4.78, 5) is 13.4. The summed E-state index contributed by atoms with van der Waals surface area (Å²) in [6.07, 6.45) is 3.28. The molecule has 2 aliphatic heterocycles. The second-order valence-corrected chi connectivity index (χ2v) is 4.02. The van der Waals surface area contributed by atoms with Gasteiger partial charge < -0.3 is 15.5 Å². The van der Waals surface area contributed by atoms with Crippen LogP contribution in [0.3, 0.4) is 0 Å². The fourth-order valence-corrected chi connectivity index (χ4v) is 2.38. The van der Waals surface area contributed by atoms with E-state index >= 15 is 0 Å². The summed E-state index contributed by atoms with van der Waals surface area (Å²) in [5, 5.41) is 6.20. The standard InChI is InChI=1S/C9H17N3O/c1-12-8(13)11-7-4-9(12)2-5-10-6-3-9/h10H,2-7H2,1H3,(H,11,13). The highest BCUT2D eigenvalue weighted by atomic mass is 16.2. The number of urea groups is 1. The molecular weight excluding hydrogens is 166 g/mol. The quantitative estimate of drug-likeness (QED) is 0.561. The van der Waals surface area contributed by atoms with Gasteiger partial charge >= 0.3 is 6.03 Å². The fourth-order valence-electron chi connectivity index (χ4n) is 2.38. The molecule has 0 bridgehead atoms. The van der Waals surface area contributed by atoms with Gasteiger partial charge in [-0.05, 0) is 32.4 Å². The van der Waals surface area contributed by atoms with Gasteiger partial charge in [-0.2, -0.15) is 0 Å². The van der Waals surface area contributed by atoms with Crippen molar-refractivity contribution in [1.29, 1.82) is 0 Å². The highest BCUT2D eigenvalue weighted by Gasteiger charge is 2.40. The Morgan fingerprint density at radius 3 is 2.54 bits per heavy atom. The summed E-state index contributed by atoms with van der Waals surface area (Å²) in [6.45, 7) is 2.92. The maximum Gasteiger partial charge on any atom is 0.317 e. The first-order chi connectivity index (χ1) is 6.25. The summed E-state index contributed by atoms with van der Waals surface area (Å²) in [5.74, 6) is 0. The van der Waals surface area contributed by atoms with Gasteiger partial charge in [0.15, 0.2) is 0 Å². The predicted molar refractivity (Wildman–Crippen MR) is 50.6 cm³/mol. The van der Waals surface area contributed by atoms with Crippen LogP contribution in [0.1, 0.15) is 19.3 Å². The first-order valence-electron chi connectivity index (χ1n) is 4.97. The Morgan fingerprint density at radius 1 is 1.23 bits per heavy atom. The second-order valence-electron chi connectivity index (χ2n) is 4.02. The smallest absolute Gasteiger partial charge is 0.317 e. The molecule has 13 heavy (non-hydrogen) atoms. The molecule has 4 nitrogen and oxygen atoms in total. The van der Waals surface area contributed by atoms with Gasteiger partial charge in [0.1, 0.15) is 0 Å². The number of nitrogens with zero attached hydrogens (tertiary/aromatic N) is 1. The number of hydrogen-bond donors (Lipinski definition) is 2. The molecule has 2 heterocycles. The summed E-state index contributed by atoms with van der Waals surface area (Å²) in [5.41, 5.74) is 0.146. The molecule has 0 aromatic carbocycles. The van der Waals surface area contributed by atoms with E-state index in [1.54, 1.807) is 0 Å². The van der Waals surface area contributed by atoms with E-state index in [0.29, 0.717) is 0 Å². The minimum atomic E-state index is 0.0909. The van der Waals surface area contributed by atoms with Crippen LogP contribution in [0.2, 0.25) is 0 Å². The number of rotatable bonds is 0. The molecule has 2 fully saturated rings. The van der Waals surface area contributed by atoms with E-state index in [1.807, 2.05) is 11.9 Å². The summed E-state index contributed by atoms with van der Waals surface area (Å²) in [7, 11) is 1.92. The van der Waals surface area contributed by atoms with Crippen molar-refractivity contribution in [2.45, 2.75) is 24.8 Å². The largest absolute Gasteiger partial charge is 0.338 e. The van der Waals surface area contributed by atoms with Crippen molar-refractivity contribution in [2.24, 2.45) is 0 Å². The highest BCUT2D eigenvalue weighted by Crippen LogP contribution is 2.30. The SMILES string of the molecule is CN1C(=O)NCCC12CCNCC2. The van der Waals surface area contributed by atoms with E-state index in [-0.39, 0.29) is 11.6 Å². The van der Waals surface area contributed by atoms with Crippen LogP contribution in [0.5, 0.6) is 0 Å². The Hall–Kier alpha value is -0.770. The third-order valence-corrected chi connectivity index (χ3v) is 3.42. The van der Waals surface area contributed by atoms with Crippen LogP contribution < -0.4 is 10.6 Å². The first-order valence-corrected chi connectivity index (χ1v) is 4.97. The number of carbonyl (C=O) groups is 1. The second kappa shape index (κ2) is 3.18. The lowest BCUT2D eigenvalue weighted by molar-refractivity contribution is 0.0782. The van der Waals surface area contributed by atoms with Crippen molar-refractivity contribution in [3.05, 3.63) is 0 Å². The van der Waals surface area contributed by atoms with Crippen LogP contribution in [0.25, 0.3) is 0 Å². The third-order valence-electron chi connectivity index (χ3n) is 3.42. The van der Waals surface area contributed by atoms with E-state index < -0.39 is 0 Å². The maximum absolute atomic E-state index is 11.5. The maximum atomic E-state index is 11.5. The van der Waals surface area contributed by atoms with Crippen LogP contribution in [0, 0.1) is 0 Å². The van der Waals surface area contributed by atoms with Crippen molar-refractivity contribution in [2.75, 3.05) is 26.7 Å². The zero-order valence-corrected chi connectivity index (χ0v) is 8.10. The molecule has 4 heteroatoms. The lowest BCUT2D eigenvalue weighted by Gasteiger charge is -2.47. The normalized spacial score (nSPS) is 27.5. The lowest BCUT2D eigenvalue weighted by atomic mass is 9.82. The molecule has 0 aliphatic carbocycles. The van der Waals surface area contributed by atoms with Gasteiger partial charge in [-0.3, -0.25) is 0 Å². The molecule has 2 aliphatic rings. The van der Waals surface area contributed by atoms with E-state index in [2.05, 4.69) is 10.6 Å². The molecular formula is C9H17N3O. The first kappa shape index (κ1) is 8.81. The van der Waals surface area contributed by atoms with Crippen molar-refractivity contribution in [1.82, 2.24) is 15.5 Å². The Balaban J connectivity index is 2.13. The molecule has 0 aromatic heterocycles. The van der Waals surface area contributed by atoms with Gasteiger partial charge in [0, 0.05) is 19.1 Å². The third kappa shape index (κ3) is 1.39. The van der Waals surface area contributed by atoms with Gasteiger partial charge in [0.2, 0.25) is 0 Å². The average Bonchev–Trinajstić information content (AvgIpc) is 2.16. The summed E-state index contributed by atoms with van der Waals surface area (Å²) < 4.78 is 0. The molecule has 2 N–H and O–H groups in total. The molecule has 2 saturated heterocycles. The lowest BCUT2D eigenvalue weighted by Crippen LogP contribution is -2.62. The number of nitrogens with one attached hydrogen (secondary N) is 2. The minimum absolute atomic E-state index is 0.0909. The highest BCUT2D eigenvalue weighted by molar-refractivity contribution is 5.75. The van der Waals surface area contributed by atoms with Gasteiger partial charge in [-0.1, -0.05) is 0 Å². The monoisotopic (exact) mass is 183 g/mol. The Labute approximate surface area is 78.7 Å². The summed E-state index contributed by atoms with van der Waals surface area (Å²) >= 11 is 0. The molecule has 2 amide bonds. The van der Waals surface area contributed by atoms with Crippen LogP contribution in [-0.2, 0) is 0 Å². The number of hydrogen-bond acceptors (Lipinski definition) is 2. The van der Waals surface area contributed by atoms with E-state index in [9.17, 15) is 4.79 Å². The van der Waals surface area contributed by atoms with Gasteiger partial charge in [-0.15, -0.1) is 0 Å². The van der Waals surface area contributed by atoms with Crippen LogP contribution in [0.4, 0.5) is 4.79 Å². The Morgan fingerprint density at radius 2 is 1.85 bits per heavy atom. The molecule has 0 radical (unpaired) electrons. The van der Waals surface area contributed by atoms with E-state index in [4.69, 9.17) is 0 Å². The molecule has 0 unspecified atom stereocenters. The van der Waals surface area contributed by atoms with Crippen molar-refractivity contribution in [3.8, 4) is 0 Å². The van der Waals surface area contributed by atoms with Gasteiger partial charge in [-0.25, -0.2) is 4.79 Å². The number of amides is 2. The van der Waals surface area contributed by atoms with Crippen LogP contribution >= 0.6 is 0 Å². The Kier molecular flexibility index (Phi) is 2.15. The topological polar surface area (TPSA) is 44.4 Å². The Bertz CT molecular complexity index is 205. The predicted octanol–water partition coefficient (Wildman–Crippen LogP) is 0.154. The molecule has 0 atom stereocenters. The van der Waals surface area contributed by atoms with Crippen molar-refractivity contribution >= 4 is 6.03 Å². The van der Waals surface area contributed by atoms with E-state index in [0.717, 1.165) is 38.9 Å². The number of carbonyl (C=O) groups excluding carboxylic acids is 1. The molecule has 2 rings (SSSR count). The van der Waals surface area contributed by atoms with Crippen LogP contribution in [-0.4, -0.2) is 43.2 Å². The molecule has 1 spiro atoms. The molecule has 0 saturated carbocycles. The van der Waals surface area contributed by atoms with Gasteiger partial charge in [0.05, 0.1) is 0 Å².